The third-order valence-corrected chi connectivity index (χ3v) is 1.93. The molecule has 0 N–H and O–H groups in total. The summed E-state index contributed by atoms with van der Waals surface area (Å²) in [4.78, 5) is 33.6. The van der Waals surface area contributed by atoms with Gasteiger partial charge >= 0.3 is 17.9 Å². The molecule has 5 nitrogen and oxygen atoms in total. The molecule has 0 atom stereocenters. The van der Waals surface area contributed by atoms with Crippen LogP contribution in [0.2, 0.25) is 0 Å². The van der Waals surface area contributed by atoms with Gasteiger partial charge in [0, 0.05) is 12.0 Å². The highest BCUT2D eigenvalue weighted by Gasteiger charge is 2.25. The van der Waals surface area contributed by atoms with Crippen LogP contribution in [0.25, 0.3) is 0 Å². The second-order valence-corrected chi connectivity index (χ2v) is 5.03. The Morgan fingerprint density at radius 1 is 1.17 bits per heavy atom. The molecule has 0 heterocycles. The van der Waals surface area contributed by atoms with E-state index in [2.05, 4.69) is 11.3 Å². The monoisotopic (exact) mass is 256 g/mol. The molecule has 5 heteroatoms. The molecule has 0 aliphatic heterocycles. The van der Waals surface area contributed by atoms with Crippen LogP contribution in [0.4, 0.5) is 0 Å². The van der Waals surface area contributed by atoms with Crippen LogP contribution in [0.15, 0.2) is 12.2 Å². The summed E-state index contributed by atoms with van der Waals surface area (Å²) in [5, 5.41) is 0. The van der Waals surface area contributed by atoms with Gasteiger partial charge in [-0.2, -0.15) is 0 Å². The largest absolute Gasteiger partial charge is 0.462 e. The molecule has 0 aromatic heterocycles. The molecule has 0 aliphatic carbocycles. The Morgan fingerprint density at radius 2 is 1.72 bits per heavy atom. The van der Waals surface area contributed by atoms with Crippen LogP contribution < -0.4 is 0 Å². The number of hydrogen-bond acceptors (Lipinski definition) is 5. The third kappa shape index (κ3) is 6.83. The minimum Gasteiger partial charge on any atom is -0.462 e. The minimum absolute atomic E-state index is 0.0330. The van der Waals surface area contributed by atoms with Crippen LogP contribution >= 0.6 is 0 Å². The third-order valence-electron chi connectivity index (χ3n) is 1.93. The molecule has 0 aromatic carbocycles. The Hall–Kier alpha value is -1.65. The van der Waals surface area contributed by atoms with Gasteiger partial charge in [0.2, 0.25) is 0 Å². The molecule has 0 rings (SSSR count). The van der Waals surface area contributed by atoms with Crippen LogP contribution in [0, 0.1) is 5.41 Å². The van der Waals surface area contributed by atoms with Crippen molar-refractivity contribution < 1.29 is 23.9 Å². The van der Waals surface area contributed by atoms with Gasteiger partial charge in [-0.3, -0.25) is 9.59 Å². The molecule has 102 valence electrons. The van der Waals surface area contributed by atoms with E-state index in [-0.39, 0.29) is 13.0 Å². The Balaban J connectivity index is 3.83. The highest BCUT2D eigenvalue weighted by atomic mass is 16.6. The van der Waals surface area contributed by atoms with Crippen LogP contribution in [-0.2, 0) is 23.9 Å². The number of ether oxygens (including phenoxy) is 2. The van der Waals surface area contributed by atoms with E-state index in [0.29, 0.717) is 12.0 Å². The average molecular weight is 256 g/mol. The summed E-state index contributed by atoms with van der Waals surface area (Å²) in [6.07, 6.45) is 0.348. The van der Waals surface area contributed by atoms with Crippen LogP contribution in [-0.4, -0.2) is 24.5 Å². The lowest BCUT2D eigenvalue weighted by atomic mass is 9.97. The van der Waals surface area contributed by atoms with Crippen molar-refractivity contribution in [3.63, 3.8) is 0 Å². The molecule has 0 radical (unpaired) electrons. The zero-order valence-corrected chi connectivity index (χ0v) is 11.4. The number of carbonyl (C=O) groups is 3. The Bertz CT molecular complexity index is 349. The van der Waals surface area contributed by atoms with Gasteiger partial charge in [0.1, 0.15) is 0 Å². The zero-order chi connectivity index (χ0) is 14.3. The number of rotatable bonds is 5. The predicted octanol–water partition coefficient (Wildman–Crippen LogP) is 2.00. The van der Waals surface area contributed by atoms with Crippen LogP contribution in [0.5, 0.6) is 0 Å². The fraction of sp³-hybridized carbons (Fsp3) is 0.615. The number of carbonyl (C=O) groups excluding carboxylic acids is 3. The van der Waals surface area contributed by atoms with Crippen molar-refractivity contribution in [3.05, 3.63) is 12.2 Å². The maximum Gasteiger partial charge on any atom is 0.333 e. The first-order valence-corrected chi connectivity index (χ1v) is 5.72. The van der Waals surface area contributed by atoms with Crippen molar-refractivity contribution in [2.75, 3.05) is 6.61 Å². The van der Waals surface area contributed by atoms with Crippen molar-refractivity contribution >= 4 is 17.9 Å². The lowest BCUT2D eigenvalue weighted by Crippen LogP contribution is -2.25. The first-order chi connectivity index (χ1) is 8.14. The van der Waals surface area contributed by atoms with E-state index in [1.807, 2.05) is 0 Å². The van der Waals surface area contributed by atoms with Crippen molar-refractivity contribution in [3.8, 4) is 0 Å². The Labute approximate surface area is 107 Å². The van der Waals surface area contributed by atoms with E-state index in [1.54, 1.807) is 27.7 Å². The van der Waals surface area contributed by atoms with Gasteiger partial charge in [-0.25, -0.2) is 4.79 Å². The number of hydrogen-bond donors (Lipinski definition) is 0. The molecule has 0 bridgehead atoms. The maximum atomic E-state index is 11.4. The summed E-state index contributed by atoms with van der Waals surface area (Å²) >= 11 is 0. The molecular formula is C13H20O5. The molecule has 0 fully saturated rings. The van der Waals surface area contributed by atoms with Gasteiger partial charge in [0.05, 0.1) is 12.0 Å². The zero-order valence-electron chi connectivity index (χ0n) is 11.4. The van der Waals surface area contributed by atoms with Crippen LogP contribution in [0.3, 0.4) is 0 Å². The summed E-state index contributed by atoms with van der Waals surface area (Å²) in [6.45, 7) is 10.1. The van der Waals surface area contributed by atoms with Gasteiger partial charge in [0.25, 0.3) is 0 Å². The molecule has 0 aromatic rings. The van der Waals surface area contributed by atoms with Crippen molar-refractivity contribution in [2.24, 2.45) is 5.41 Å². The van der Waals surface area contributed by atoms with E-state index in [0.717, 1.165) is 0 Å². The van der Waals surface area contributed by atoms with E-state index in [4.69, 9.17) is 4.74 Å². The lowest BCUT2D eigenvalue weighted by Gasteiger charge is -2.15. The topological polar surface area (TPSA) is 69.7 Å². The normalized spacial score (nSPS) is 10.7. The van der Waals surface area contributed by atoms with Crippen molar-refractivity contribution in [2.45, 2.75) is 40.5 Å². The van der Waals surface area contributed by atoms with Crippen LogP contribution in [0.1, 0.15) is 40.5 Å². The second-order valence-electron chi connectivity index (χ2n) is 5.03. The van der Waals surface area contributed by atoms with Gasteiger partial charge in [-0.1, -0.05) is 6.58 Å². The van der Waals surface area contributed by atoms with E-state index >= 15 is 0 Å². The molecular weight excluding hydrogens is 236 g/mol. The fourth-order valence-electron chi connectivity index (χ4n) is 0.812. The number of esters is 3. The molecule has 0 spiro atoms. The van der Waals surface area contributed by atoms with Gasteiger partial charge in [-0.05, 0) is 34.1 Å². The summed E-state index contributed by atoms with van der Waals surface area (Å²) < 4.78 is 9.43. The Morgan fingerprint density at radius 3 is 2.17 bits per heavy atom. The highest BCUT2D eigenvalue weighted by molar-refractivity contribution is 5.88. The van der Waals surface area contributed by atoms with Gasteiger partial charge < -0.3 is 9.47 Å². The molecule has 0 amide bonds. The molecule has 0 unspecified atom stereocenters. The van der Waals surface area contributed by atoms with E-state index in [9.17, 15) is 14.4 Å². The Kier molecular flexibility index (Phi) is 6.30. The first kappa shape index (κ1) is 16.4. The lowest BCUT2D eigenvalue weighted by molar-refractivity contribution is -0.166. The SMILES string of the molecule is C=C(C)C(=O)OCCCC(=O)OC(=O)C(C)(C)C. The fourth-order valence-corrected chi connectivity index (χ4v) is 0.812. The highest BCUT2D eigenvalue weighted by Crippen LogP contribution is 2.15. The van der Waals surface area contributed by atoms with Crippen molar-refractivity contribution in [1.82, 2.24) is 0 Å². The van der Waals surface area contributed by atoms with E-state index in [1.165, 1.54) is 0 Å². The summed E-state index contributed by atoms with van der Waals surface area (Å²) in [7, 11) is 0. The molecule has 18 heavy (non-hydrogen) atoms. The molecule has 0 aliphatic rings. The maximum absolute atomic E-state index is 11.4. The molecule has 0 saturated heterocycles. The summed E-state index contributed by atoms with van der Waals surface area (Å²) in [5.74, 6) is -1.66. The average Bonchev–Trinajstić information content (AvgIpc) is 2.22. The standard InChI is InChI=1S/C13H20O5/c1-9(2)11(15)17-8-6-7-10(14)18-12(16)13(3,4)5/h1,6-8H2,2-5H3. The second kappa shape index (κ2) is 6.93. The minimum atomic E-state index is -0.706. The van der Waals surface area contributed by atoms with E-state index < -0.39 is 23.3 Å². The quantitative estimate of drug-likeness (QED) is 0.325. The smallest absolute Gasteiger partial charge is 0.333 e. The first-order valence-electron chi connectivity index (χ1n) is 5.72. The predicted molar refractivity (Wildman–Crippen MR) is 65.6 cm³/mol. The van der Waals surface area contributed by atoms with Crippen molar-refractivity contribution in [1.29, 1.82) is 0 Å². The molecule has 0 saturated carbocycles. The van der Waals surface area contributed by atoms with Gasteiger partial charge in [0.15, 0.2) is 0 Å². The van der Waals surface area contributed by atoms with Gasteiger partial charge in [-0.15, -0.1) is 0 Å². The summed E-state index contributed by atoms with van der Waals surface area (Å²) in [6, 6.07) is 0. The summed E-state index contributed by atoms with van der Waals surface area (Å²) in [5.41, 5.74) is -0.400.